The Balaban J connectivity index is 1.39. The number of benzene rings is 1. The summed E-state index contributed by atoms with van der Waals surface area (Å²) in [6.07, 6.45) is 5.66. The largest absolute Gasteiger partial charge is 0.497 e. The molecule has 3 heterocycles. The van der Waals surface area contributed by atoms with E-state index in [1.165, 1.54) is 4.90 Å². The van der Waals surface area contributed by atoms with E-state index < -0.39 is 0 Å². The molecule has 30 heavy (non-hydrogen) atoms. The number of carbonyl (C=O) groups is 1. The lowest BCUT2D eigenvalue weighted by Gasteiger charge is -2.35. The first-order valence-electron chi connectivity index (χ1n) is 10.6. The van der Waals surface area contributed by atoms with Gasteiger partial charge in [-0.05, 0) is 24.3 Å². The lowest BCUT2D eigenvalue weighted by atomic mass is 10.0. The van der Waals surface area contributed by atoms with Crippen LogP contribution in [0.25, 0.3) is 0 Å². The van der Waals surface area contributed by atoms with Crippen molar-refractivity contribution in [3.63, 3.8) is 0 Å². The molecule has 8 heteroatoms. The number of amides is 1. The molecule has 4 rings (SSSR count). The van der Waals surface area contributed by atoms with Gasteiger partial charge in [0.05, 0.1) is 26.3 Å². The van der Waals surface area contributed by atoms with Crippen LogP contribution in [0.5, 0.6) is 11.5 Å². The van der Waals surface area contributed by atoms with Crippen LogP contribution in [0.4, 0.5) is 5.95 Å². The van der Waals surface area contributed by atoms with E-state index in [0.29, 0.717) is 19.6 Å². The molecule has 1 aromatic heterocycles. The predicted molar refractivity (Wildman–Crippen MR) is 113 cm³/mol. The van der Waals surface area contributed by atoms with Gasteiger partial charge in [-0.1, -0.05) is 0 Å². The normalized spacial score (nSPS) is 21.5. The van der Waals surface area contributed by atoms with Gasteiger partial charge in [0.15, 0.2) is 6.54 Å². The van der Waals surface area contributed by atoms with Gasteiger partial charge in [-0.2, -0.15) is 0 Å². The molecule has 1 N–H and O–H groups in total. The highest BCUT2D eigenvalue weighted by atomic mass is 16.5. The molecular weight excluding hydrogens is 382 g/mol. The van der Waals surface area contributed by atoms with Crippen LogP contribution in [0.1, 0.15) is 24.4 Å². The molecule has 2 saturated heterocycles. The number of rotatable bonds is 6. The van der Waals surface area contributed by atoms with Gasteiger partial charge < -0.3 is 24.2 Å². The molecule has 0 aliphatic carbocycles. The van der Waals surface area contributed by atoms with Gasteiger partial charge in [0.1, 0.15) is 17.5 Å². The first-order valence-corrected chi connectivity index (χ1v) is 10.6. The number of hydrogen-bond donors (Lipinski definition) is 1. The van der Waals surface area contributed by atoms with Crippen LogP contribution in [-0.4, -0.2) is 74.3 Å². The fourth-order valence-electron chi connectivity index (χ4n) is 4.53. The number of nitrogens with zero attached hydrogens (tertiary/aromatic N) is 4. The quantitative estimate of drug-likeness (QED) is 0.748. The molecule has 2 atom stereocenters. The number of anilines is 1. The Labute approximate surface area is 177 Å². The number of carbonyl (C=O) groups excluding carboxylic acids is 1. The summed E-state index contributed by atoms with van der Waals surface area (Å²) in [5.74, 6) is 2.64. The summed E-state index contributed by atoms with van der Waals surface area (Å²) in [5, 5.41) is 0. The van der Waals surface area contributed by atoms with Crippen molar-refractivity contribution in [3.8, 4) is 11.5 Å². The molecule has 0 saturated carbocycles. The number of ether oxygens (including phenoxy) is 2. The van der Waals surface area contributed by atoms with Crippen molar-refractivity contribution in [2.45, 2.75) is 18.9 Å². The van der Waals surface area contributed by atoms with Gasteiger partial charge in [0, 0.05) is 51.4 Å². The average Bonchev–Trinajstić information content (AvgIpc) is 3.27. The number of methoxy groups -OCH3 is 2. The summed E-state index contributed by atoms with van der Waals surface area (Å²) in [7, 11) is 3.37. The van der Waals surface area contributed by atoms with E-state index in [0.717, 1.165) is 55.5 Å². The van der Waals surface area contributed by atoms with E-state index in [9.17, 15) is 4.79 Å². The molecular formula is C22H30N5O3+. The average molecular weight is 413 g/mol. The minimum atomic E-state index is 0.215. The minimum absolute atomic E-state index is 0.215. The summed E-state index contributed by atoms with van der Waals surface area (Å²) >= 11 is 0. The number of hydrogen-bond acceptors (Lipinski definition) is 6. The van der Waals surface area contributed by atoms with Crippen LogP contribution in [0, 0.1) is 0 Å². The maximum Gasteiger partial charge on any atom is 0.277 e. The van der Waals surface area contributed by atoms with E-state index in [1.807, 2.05) is 23.1 Å². The third-order valence-electron chi connectivity index (χ3n) is 6.14. The second-order valence-corrected chi connectivity index (χ2v) is 7.80. The SMILES string of the molecule is COc1ccc(OC)c([C@@H]2CCC[NH+]2CC(=O)N2CCN(c3ncccn3)CC2)c1. The van der Waals surface area contributed by atoms with Crippen molar-refractivity contribution >= 4 is 11.9 Å². The van der Waals surface area contributed by atoms with E-state index >= 15 is 0 Å². The Morgan fingerprint density at radius 3 is 2.60 bits per heavy atom. The zero-order chi connectivity index (χ0) is 20.9. The van der Waals surface area contributed by atoms with Crippen LogP contribution >= 0.6 is 0 Å². The fraction of sp³-hybridized carbons (Fsp3) is 0.500. The van der Waals surface area contributed by atoms with Gasteiger partial charge in [0.25, 0.3) is 5.91 Å². The van der Waals surface area contributed by atoms with Crippen LogP contribution in [-0.2, 0) is 4.79 Å². The Kier molecular flexibility index (Phi) is 6.32. The number of likely N-dealkylation sites (tertiary alicyclic amines) is 1. The van der Waals surface area contributed by atoms with Crippen LogP contribution in [0.2, 0.25) is 0 Å². The van der Waals surface area contributed by atoms with Gasteiger partial charge >= 0.3 is 0 Å². The number of quaternary nitrogens is 1. The maximum atomic E-state index is 13.1. The zero-order valence-corrected chi connectivity index (χ0v) is 17.7. The third-order valence-corrected chi connectivity index (χ3v) is 6.14. The van der Waals surface area contributed by atoms with Crippen LogP contribution in [0.15, 0.2) is 36.7 Å². The number of aromatic nitrogens is 2. The van der Waals surface area contributed by atoms with Gasteiger partial charge in [-0.25, -0.2) is 9.97 Å². The zero-order valence-electron chi connectivity index (χ0n) is 17.7. The minimum Gasteiger partial charge on any atom is -0.497 e. The molecule has 1 amide bonds. The third kappa shape index (κ3) is 4.33. The van der Waals surface area contributed by atoms with E-state index in [1.54, 1.807) is 26.6 Å². The van der Waals surface area contributed by atoms with Crippen molar-refractivity contribution < 1.29 is 19.2 Å². The highest BCUT2D eigenvalue weighted by Gasteiger charge is 2.35. The Bertz CT molecular complexity index is 855. The summed E-state index contributed by atoms with van der Waals surface area (Å²) in [4.78, 5) is 27.1. The van der Waals surface area contributed by atoms with Gasteiger partial charge in [-0.15, -0.1) is 0 Å². The Hall–Kier alpha value is -2.87. The number of piperazine rings is 1. The lowest BCUT2D eigenvalue weighted by Crippen LogP contribution is -3.11. The summed E-state index contributed by atoms with van der Waals surface area (Å²) in [5.41, 5.74) is 1.13. The van der Waals surface area contributed by atoms with Crippen molar-refractivity contribution in [2.24, 2.45) is 0 Å². The summed E-state index contributed by atoms with van der Waals surface area (Å²) in [6.45, 7) is 4.44. The summed E-state index contributed by atoms with van der Waals surface area (Å²) in [6, 6.07) is 7.99. The van der Waals surface area contributed by atoms with Crippen molar-refractivity contribution in [2.75, 3.05) is 58.4 Å². The molecule has 0 bridgehead atoms. The molecule has 1 aromatic carbocycles. The first kappa shape index (κ1) is 20.4. The smallest absolute Gasteiger partial charge is 0.277 e. The maximum absolute atomic E-state index is 13.1. The monoisotopic (exact) mass is 412 g/mol. The molecule has 2 aliphatic heterocycles. The molecule has 0 radical (unpaired) electrons. The molecule has 160 valence electrons. The Morgan fingerprint density at radius 2 is 1.90 bits per heavy atom. The fourth-order valence-corrected chi connectivity index (χ4v) is 4.53. The van der Waals surface area contributed by atoms with Crippen molar-refractivity contribution in [1.29, 1.82) is 0 Å². The second kappa shape index (κ2) is 9.30. The standard InChI is InChI=1S/C22H29N5O3/c1-29-17-6-7-20(30-2)18(15-17)19-5-3-10-27(19)16-21(28)25-11-13-26(14-12-25)22-23-8-4-9-24-22/h4,6-9,15,19H,3,5,10-14,16H2,1-2H3/p+1/t19-/m0/s1. The highest BCUT2D eigenvalue weighted by Crippen LogP contribution is 2.31. The molecule has 8 nitrogen and oxygen atoms in total. The molecule has 2 fully saturated rings. The first-order chi connectivity index (χ1) is 14.7. The van der Waals surface area contributed by atoms with Crippen LogP contribution in [0.3, 0.4) is 0 Å². The second-order valence-electron chi connectivity index (χ2n) is 7.80. The van der Waals surface area contributed by atoms with Gasteiger partial charge in [0.2, 0.25) is 5.95 Å². The van der Waals surface area contributed by atoms with E-state index in [4.69, 9.17) is 9.47 Å². The molecule has 1 unspecified atom stereocenters. The Morgan fingerprint density at radius 1 is 1.13 bits per heavy atom. The molecule has 2 aromatic rings. The highest BCUT2D eigenvalue weighted by molar-refractivity contribution is 5.77. The van der Waals surface area contributed by atoms with Crippen molar-refractivity contribution in [1.82, 2.24) is 14.9 Å². The number of nitrogens with one attached hydrogen (secondary N) is 1. The topological polar surface area (TPSA) is 72.2 Å². The van der Waals surface area contributed by atoms with Crippen LogP contribution < -0.4 is 19.3 Å². The lowest BCUT2D eigenvalue weighted by molar-refractivity contribution is -0.910. The predicted octanol–water partition coefficient (Wildman–Crippen LogP) is 0.562. The van der Waals surface area contributed by atoms with E-state index in [2.05, 4.69) is 20.9 Å². The van der Waals surface area contributed by atoms with Crippen molar-refractivity contribution in [3.05, 3.63) is 42.2 Å². The van der Waals surface area contributed by atoms with E-state index in [-0.39, 0.29) is 11.9 Å². The summed E-state index contributed by atoms with van der Waals surface area (Å²) < 4.78 is 11.0. The van der Waals surface area contributed by atoms with Gasteiger partial charge in [-0.3, -0.25) is 4.79 Å². The molecule has 0 spiro atoms. The molecule has 2 aliphatic rings.